The lowest BCUT2D eigenvalue weighted by molar-refractivity contribution is 0.0847. The summed E-state index contributed by atoms with van der Waals surface area (Å²) in [6.07, 6.45) is 2.18. The van der Waals surface area contributed by atoms with Crippen LogP contribution in [-0.2, 0) is 6.42 Å². The fraction of sp³-hybridized carbons (Fsp3) is 0.294. The van der Waals surface area contributed by atoms with Crippen molar-refractivity contribution in [3.63, 3.8) is 0 Å². The molecule has 92 valence electrons. The normalized spacial score (nSPS) is 16.8. The first-order chi connectivity index (χ1) is 8.64. The summed E-state index contributed by atoms with van der Waals surface area (Å²) < 4.78 is 6.01. The molecule has 18 heavy (non-hydrogen) atoms. The van der Waals surface area contributed by atoms with Gasteiger partial charge in [-0.25, -0.2) is 0 Å². The Labute approximate surface area is 108 Å². The van der Waals surface area contributed by atoms with Gasteiger partial charge in [-0.2, -0.15) is 0 Å². The summed E-state index contributed by atoms with van der Waals surface area (Å²) in [6.45, 7) is 4.31. The topological polar surface area (TPSA) is 9.23 Å². The van der Waals surface area contributed by atoms with Gasteiger partial charge in [-0.05, 0) is 55.5 Å². The van der Waals surface area contributed by atoms with Gasteiger partial charge in [-0.1, -0.05) is 36.4 Å². The highest BCUT2D eigenvalue weighted by Gasteiger charge is 2.26. The van der Waals surface area contributed by atoms with Crippen molar-refractivity contribution in [1.29, 1.82) is 0 Å². The minimum atomic E-state index is -0.0265. The van der Waals surface area contributed by atoms with E-state index in [1.165, 1.54) is 16.7 Å². The molecular formula is C17H18O. The molecule has 1 aliphatic heterocycles. The fourth-order valence-corrected chi connectivity index (χ4v) is 2.47. The second-order valence-electron chi connectivity index (χ2n) is 5.55. The van der Waals surface area contributed by atoms with E-state index in [0.29, 0.717) is 0 Å². The van der Waals surface area contributed by atoms with Gasteiger partial charge >= 0.3 is 0 Å². The predicted octanol–water partition coefficient (Wildman–Crippen LogP) is 4.46. The number of fused-ring (bicyclic) bond motifs is 1. The van der Waals surface area contributed by atoms with Gasteiger partial charge in [0, 0.05) is 0 Å². The van der Waals surface area contributed by atoms with Crippen molar-refractivity contribution in [3.8, 4) is 16.9 Å². The van der Waals surface area contributed by atoms with Crippen LogP contribution in [0, 0.1) is 0 Å². The van der Waals surface area contributed by atoms with Crippen molar-refractivity contribution < 1.29 is 4.74 Å². The van der Waals surface area contributed by atoms with E-state index in [0.717, 1.165) is 18.6 Å². The standard InChI is InChI=1S/C17H18O/c1-17(2)11-10-15-12-14(8-9-16(15)18-17)13-6-4-3-5-7-13/h3-9,12H,10-11H2,1-2H3. The molecule has 0 atom stereocenters. The van der Waals surface area contributed by atoms with Crippen molar-refractivity contribution in [3.05, 3.63) is 54.1 Å². The molecule has 2 aromatic rings. The maximum Gasteiger partial charge on any atom is 0.123 e. The molecular weight excluding hydrogens is 220 g/mol. The Morgan fingerprint density at radius 2 is 1.72 bits per heavy atom. The molecule has 0 aromatic heterocycles. The second kappa shape index (κ2) is 4.16. The third kappa shape index (κ3) is 2.13. The molecule has 1 heteroatoms. The molecule has 0 bridgehead atoms. The van der Waals surface area contributed by atoms with Crippen LogP contribution in [0.4, 0.5) is 0 Å². The van der Waals surface area contributed by atoms with Crippen molar-refractivity contribution in [1.82, 2.24) is 0 Å². The summed E-state index contributed by atoms with van der Waals surface area (Å²) in [4.78, 5) is 0. The molecule has 0 N–H and O–H groups in total. The van der Waals surface area contributed by atoms with Gasteiger partial charge in [-0.3, -0.25) is 0 Å². The minimum Gasteiger partial charge on any atom is -0.488 e. The quantitative estimate of drug-likeness (QED) is 0.713. The summed E-state index contributed by atoms with van der Waals surface area (Å²) in [5.74, 6) is 1.05. The Morgan fingerprint density at radius 1 is 0.944 bits per heavy atom. The van der Waals surface area contributed by atoms with Crippen molar-refractivity contribution >= 4 is 0 Å². The number of benzene rings is 2. The molecule has 1 aliphatic rings. The zero-order valence-electron chi connectivity index (χ0n) is 10.9. The average Bonchev–Trinajstić information content (AvgIpc) is 2.38. The highest BCUT2D eigenvalue weighted by atomic mass is 16.5. The number of hydrogen-bond donors (Lipinski definition) is 0. The number of rotatable bonds is 1. The Morgan fingerprint density at radius 3 is 2.50 bits per heavy atom. The van der Waals surface area contributed by atoms with Crippen LogP contribution in [0.1, 0.15) is 25.8 Å². The molecule has 0 aliphatic carbocycles. The summed E-state index contributed by atoms with van der Waals surface area (Å²) in [5, 5.41) is 0. The zero-order valence-corrected chi connectivity index (χ0v) is 10.9. The van der Waals surface area contributed by atoms with E-state index < -0.39 is 0 Å². The second-order valence-corrected chi connectivity index (χ2v) is 5.55. The van der Waals surface area contributed by atoms with Gasteiger partial charge in [0.1, 0.15) is 11.4 Å². The molecule has 2 aromatic carbocycles. The molecule has 0 unspecified atom stereocenters. The highest BCUT2D eigenvalue weighted by Crippen LogP contribution is 2.35. The molecule has 0 radical (unpaired) electrons. The van der Waals surface area contributed by atoms with Gasteiger partial charge in [-0.15, -0.1) is 0 Å². The Bertz CT molecular complexity index is 555. The van der Waals surface area contributed by atoms with Crippen LogP contribution in [0.25, 0.3) is 11.1 Å². The summed E-state index contributed by atoms with van der Waals surface area (Å²) in [7, 11) is 0. The van der Waals surface area contributed by atoms with E-state index in [4.69, 9.17) is 4.74 Å². The Kier molecular flexibility index (Phi) is 2.62. The molecule has 3 rings (SSSR count). The lowest BCUT2D eigenvalue weighted by Crippen LogP contribution is -2.32. The van der Waals surface area contributed by atoms with E-state index in [-0.39, 0.29) is 5.60 Å². The monoisotopic (exact) mass is 238 g/mol. The van der Waals surface area contributed by atoms with Gasteiger partial charge in [0.05, 0.1) is 0 Å². The Balaban J connectivity index is 1.98. The highest BCUT2D eigenvalue weighted by molar-refractivity contribution is 5.65. The zero-order chi connectivity index (χ0) is 12.6. The van der Waals surface area contributed by atoms with Gasteiger partial charge in [0.15, 0.2) is 0 Å². The summed E-state index contributed by atoms with van der Waals surface area (Å²) in [6, 6.07) is 17.0. The molecule has 0 saturated heterocycles. The van der Waals surface area contributed by atoms with E-state index in [9.17, 15) is 0 Å². The van der Waals surface area contributed by atoms with Crippen molar-refractivity contribution in [2.45, 2.75) is 32.3 Å². The van der Waals surface area contributed by atoms with E-state index in [1.807, 2.05) is 6.07 Å². The smallest absolute Gasteiger partial charge is 0.123 e. The van der Waals surface area contributed by atoms with E-state index in [1.54, 1.807) is 0 Å². The lowest BCUT2D eigenvalue weighted by atomic mass is 9.92. The molecule has 1 heterocycles. The van der Waals surface area contributed by atoms with Crippen molar-refractivity contribution in [2.75, 3.05) is 0 Å². The van der Waals surface area contributed by atoms with Crippen LogP contribution in [0.15, 0.2) is 48.5 Å². The van der Waals surface area contributed by atoms with Crippen LogP contribution < -0.4 is 4.74 Å². The third-order valence-electron chi connectivity index (χ3n) is 3.55. The largest absolute Gasteiger partial charge is 0.488 e. The van der Waals surface area contributed by atoms with Gasteiger partial charge in [0.2, 0.25) is 0 Å². The summed E-state index contributed by atoms with van der Waals surface area (Å²) >= 11 is 0. The molecule has 0 spiro atoms. The van der Waals surface area contributed by atoms with Gasteiger partial charge < -0.3 is 4.74 Å². The third-order valence-corrected chi connectivity index (χ3v) is 3.55. The predicted molar refractivity (Wildman–Crippen MR) is 74.9 cm³/mol. The van der Waals surface area contributed by atoms with Crippen LogP contribution in [0.3, 0.4) is 0 Å². The minimum absolute atomic E-state index is 0.0265. The number of ether oxygens (including phenoxy) is 1. The van der Waals surface area contributed by atoms with Crippen molar-refractivity contribution in [2.24, 2.45) is 0 Å². The van der Waals surface area contributed by atoms with Crippen LogP contribution in [-0.4, -0.2) is 5.60 Å². The SMILES string of the molecule is CC1(C)CCc2cc(-c3ccccc3)ccc2O1. The van der Waals surface area contributed by atoms with Crippen LogP contribution in [0.2, 0.25) is 0 Å². The van der Waals surface area contributed by atoms with Crippen LogP contribution >= 0.6 is 0 Å². The number of aryl methyl sites for hydroxylation is 1. The first-order valence-corrected chi connectivity index (χ1v) is 6.51. The lowest BCUT2D eigenvalue weighted by Gasteiger charge is -2.32. The molecule has 0 saturated carbocycles. The molecule has 0 amide bonds. The summed E-state index contributed by atoms with van der Waals surface area (Å²) in [5.41, 5.74) is 3.85. The van der Waals surface area contributed by atoms with Gasteiger partial charge in [0.25, 0.3) is 0 Å². The molecule has 0 fully saturated rings. The molecule has 1 nitrogen and oxygen atoms in total. The van der Waals surface area contributed by atoms with E-state index >= 15 is 0 Å². The average molecular weight is 238 g/mol. The fourth-order valence-electron chi connectivity index (χ4n) is 2.47. The first kappa shape index (κ1) is 11.3. The Hall–Kier alpha value is -1.76. The maximum atomic E-state index is 6.01. The maximum absolute atomic E-state index is 6.01. The number of hydrogen-bond acceptors (Lipinski definition) is 1. The van der Waals surface area contributed by atoms with E-state index in [2.05, 4.69) is 56.3 Å². The van der Waals surface area contributed by atoms with Crippen LogP contribution in [0.5, 0.6) is 5.75 Å². The first-order valence-electron chi connectivity index (χ1n) is 6.51.